The molecule has 0 unspecified atom stereocenters. The molecule has 3 nitrogen and oxygen atoms in total. The van der Waals surface area contributed by atoms with Crippen molar-refractivity contribution >= 4 is 19.5 Å². The van der Waals surface area contributed by atoms with Gasteiger partial charge in [-0.05, 0) is 44.1 Å². The largest absolute Gasteiger partial charge is 0.472 e. The quantitative estimate of drug-likeness (QED) is 0.769. The minimum atomic E-state index is -0.0462. The summed E-state index contributed by atoms with van der Waals surface area (Å²) in [7, 11) is 1.90. The van der Waals surface area contributed by atoms with Crippen LogP contribution in [0.5, 0.6) is 0 Å². The molecule has 17 heavy (non-hydrogen) atoms. The van der Waals surface area contributed by atoms with Crippen LogP contribution in [0.2, 0.25) is 0 Å². The predicted octanol–water partition coefficient (Wildman–Crippen LogP) is 1.90. The highest BCUT2D eigenvalue weighted by Crippen LogP contribution is 2.65. The lowest BCUT2D eigenvalue weighted by Gasteiger charge is -2.64. The maximum atomic E-state index is 6.19. The Labute approximate surface area is 111 Å². The van der Waals surface area contributed by atoms with Crippen LogP contribution in [-0.2, 0) is 9.31 Å². The average molecular weight is 260 g/mol. The first kappa shape index (κ1) is 13.7. The monoisotopic (exact) mass is 259 g/mol. The molecular formula is C12H23BClNO2. The topological polar surface area (TPSA) is 30.5 Å². The zero-order valence-corrected chi connectivity index (χ0v) is 12.0. The fourth-order valence-electron chi connectivity index (χ4n) is 4.20. The van der Waals surface area contributed by atoms with E-state index in [0.717, 1.165) is 12.4 Å². The highest BCUT2D eigenvalue weighted by Gasteiger charge is 2.67. The van der Waals surface area contributed by atoms with Gasteiger partial charge in [-0.3, -0.25) is 0 Å². The lowest BCUT2D eigenvalue weighted by Crippen LogP contribution is -2.65. The van der Waals surface area contributed by atoms with Gasteiger partial charge in [0, 0.05) is 6.44 Å². The Morgan fingerprint density at radius 1 is 1.29 bits per heavy atom. The SMILES string of the molecule is CNCB1O[C@@H]2C[C@@H]3C[C@@H](C3(C)C)[C@]2(C)O1.Cl. The van der Waals surface area contributed by atoms with Crippen LogP contribution in [0.15, 0.2) is 0 Å². The molecule has 1 N–H and O–H groups in total. The molecule has 0 amide bonds. The average Bonchev–Trinajstić information content (AvgIpc) is 2.53. The van der Waals surface area contributed by atoms with Crippen LogP contribution in [0.3, 0.4) is 0 Å². The first-order valence-corrected chi connectivity index (χ1v) is 6.46. The summed E-state index contributed by atoms with van der Waals surface area (Å²) in [6.07, 6.45) is 3.63. The van der Waals surface area contributed by atoms with Crippen molar-refractivity contribution in [3.63, 3.8) is 0 Å². The molecule has 4 atom stereocenters. The van der Waals surface area contributed by atoms with Crippen molar-refractivity contribution in [2.24, 2.45) is 17.3 Å². The minimum Gasteiger partial charge on any atom is -0.405 e. The second kappa shape index (κ2) is 4.12. The molecule has 5 heteroatoms. The van der Waals surface area contributed by atoms with E-state index in [1.807, 2.05) is 7.05 Å². The van der Waals surface area contributed by atoms with E-state index in [-0.39, 0.29) is 25.1 Å². The van der Waals surface area contributed by atoms with Gasteiger partial charge in [0.15, 0.2) is 0 Å². The summed E-state index contributed by atoms with van der Waals surface area (Å²) in [6.45, 7) is 7.04. The van der Waals surface area contributed by atoms with Gasteiger partial charge in [-0.1, -0.05) is 13.8 Å². The minimum absolute atomic E-state index is 0. The Morgan fingerprint density at radius 2 is 2.00 bits per heavy atom. The lowest BCUT2D eigenvalue weighted by molar-refractivity contribution is -0.199. The highest BCUT2D eigenvalue weighted by atomic mass is 35.5. The molecule has 0 aromatic rings. The summed E-state index contributed by atoms with van der Waals surface area (Å²) in [5.74, 6) is 1.51. The van der Waals surface area contributed by atoms with Crippen molar-refractivity contribution in [1.29, 1.82) is 0 Å². The van der Waals surface area contributed by atoms with E-state index in [4.69, 9.17) is 9.31 Å². The summed E-state index contributed by atoms with van der Waals surface area (Å²) in [5, 5.41) is 3.14. The van der Waals surface area contributed by atoms with E-state index < -0.39 is 0 Å². The van der Waals surface area contributed by atoms with Crippen LogP contribution in [0, 0.1) is 17.3 Å². The molecule has 1 aliphatic heterocycles. The fourth-order valence-corrected chi connectivity index (χ4v) is 4.20. The first-order valence-electron chi connectivity index (χ1n) is 6.46. The Morgan fingerprint density at radius 3 is 2.59 bits per heavy atom. The van der Waals surface area contributed by atoms with E-state index in [9.17, 15) is 0 Å². The smallest absolute Gasteiger partial charge is 0.405 e. The van der Waals surface area contributed by atoms with Crippen molar-refractivity contribution in [2.75, 3.05) is 13.5 Å². The van der Waals surface area contributed by atoms with Gasteiger partial charge in [0.25, 0.3) is 0 Å². The summed E-state index contributed by atoms with van der Waals surface area (Å²) in [6, 6.07) is 0. The molecule has 4 fully saturated rings. The standard InChI is InChI=1S/C12H22BNO2.ClH/c1-11(2)8-5-9(11)12(3)10(6-8)15-13(16-12)7-14-4;/h8-10,14H,5-7H2,1-4H3;1H/t8-,9-,10+,12-;/m0./s1. The summed E-state index contributed by atoms with van der Waals surface area (Å²) < 4.78 is 12.2. The van der Waals surface area contributed by atoms with Crippen LogP contribution >= 0.6 is 12.4 Å². The predicted molar refractivity (Wildman–Crippen MR) is 71.3 cm³/mol. The molecule has 4 rings (SSSR count). The van der Waals surface area contributed by atoms with Gasteiger partial charge in [0.05, 0.1) is 11.7 Å². The second-order valence-electron chi connectivity index (χ2n) is 6.46. The summed E-state index contributed by atoms with van der Waals surface area (Å²) >= 11 is 0. The van der Waals surface area contributed by atoms with E-state index in [0.29, 0.717) is 17.4 Å². The van der Waals surface area contributed by atoms with Crippen LogP contribution in [0.25, 0.3) is 0 Å². The molecule has 3 aliphatic carbocycles. The van der Waals surface area contributed by atoms with Crippen molar-refractivity contribution in [2.45, 2.75) is 45.3 Å². The maximum Gasteiger partial charge on any atom is 0.472 e. The van der Waals surface area contributed by atoms with Gasteiger partial charge in [0.1, 0.15) is 0 Å². The molecular weight excluding hydrogens is 236 g/mol. The summed E-state index contributed by atoms with van der Waals surface area (Å²) in [4.78, 5) is 0. The zero-order valence-electron chi connectivity index (χ0n) is 11.2. The summed E-state index contributed by atoms with van der Waals surface area (Å²) in [5.41, 5.74) is 0.406. The van der Waals surface area contributed by atoms with Gasteiger partial charge in [-0.2, -0.15) is 0 Å². The highest BCUT2D eigenvalue weighted by molar-refractivity contribution is 6.45. The van der Waals surface area contributed by atoms with Gasteiger partial charge >= 0.3 is 7.12 Å². The Balaban J connectivity index is 0.00000108. The molecule has 3 saturated carbocycles. The third kappa shape index (κ3) is 1.68. The van der Waals surface area contributed by atoms with Crippen molar-refractivity contribution < 1.29 is 9.31 Å². The number of halogens is 1. The third-order valence-electron chi connectivity index (χ3n) is 5.37. The zero-order chi connectivity index (χ0) is 11.6. The molecule has 0 spiro atoms. The van der Waals surface area contributed by atoms with Crippen LogP contribution in [0.4, 0.5) is 0 Å². The molecule has 1 heterocycles. The third-order valence-corrected chi connectivity index (χ3v) is 5.37. The molecule has 2 bridgehead atoms. The van der Waals surface area contributed by atoms with Crippen molar-refractivity contribution in [3.8, 4) is 0 Å². The van der Waals surface area contributed by atoms with Gasteiger partial charge in [-0.15, -0.1) is 12.4 Å². The van der Waals surface area contributed by atoms with Gasteiger partial charge < -0.3 is 14.6 Å². The van der Waals surface area contributed by atoms with Crippen LogP contribution < -0.4 is 5.32 Å². The second-order valence-corrected chi connectivity index (χ2v) is 6.46. The molecule has 0 aromatic carbocycles. The fraction of sp³-hybridized carbons (Fsp3) is 1.00. The van der Waals surface area contributed by atoms with Crippen molar-refractivity contribution in [1.82, 2.24) is 5.32 Å². The molecule has 0 radical (unpaired) electrons. The van der Waals surface area contributed by atoms with Gasteiger partial charge in [0.2, 0.25) is 0 Å². The molecule has 4 aliphatic rings. The van der Waals surface area contributed by atoms with E-state index in [1.165, 1.54) is 12.8 Å². The van der Waals surface area contributed by atoms with Gasteiger partial charge in [-0.25, -0.2) is 0 Å². The Hall–Kier alpha value is 0.235. The van der Waals surface area contributed by atoms with Crippen LogP contribution in [-0.4, -0.2) is 32.3 Å². The number of rotatable bonds is 2. The number of hydrogen-bond acceptors (Lipinski definition) is 3. The molecule has 0 aromatic heterocycles. The molecule has 1 saturated heterocycles. The van der Waals surface area contributed by atoms with E-state index >= 15 is 0 Å². The Bertz CT molecular complexity index is 315. The number of nitrogens with one attached hydrogen (secondary N) is 1. The lowest BCUT2D eigenvalue weighted by atomic mass is 9.43. The number of hydrogen-bond donors (Lipinski definition) is 1. The van der Waals surface area contributed by atoms with E-state index in [1.54, 1.807) is 0 Å². The first-order chi connectivity index (χ1) is 7.48. The van der Waals surface area contributed by atoms with Crippen LogP contribution in [0.1, 0.15) is 33.6 Å². The Kier molecular flexibility index (Phi) is 3.31. The molecule has 98 valence electrons. The normalized spacial score (nSPS) is 45.9. The maximum absolute atomic E-state index is 6.19. The van der Waals surface area contributed by atoms with E-state index in [2.05, 4.69) is 26.1 Å². The van der Waals surface area contributed by atoms with Crippen molar-refractivity contribution in [3.05, 3.63) is 0 Å².